The van der Waals surface area contributed by atoms with Gasteiger partial charge in [0.2, 0.25) is 5.78 Å². The third kappa shape index (κ3) is 1.28. The highest BCUT2D eigenvalue weighted by molar-refractivity contribution is 5.55. The van der Waals surface area contributed by atoms with Gasteiger partial charge in [0.25, 0.3) is 5.56 Å². The van der Waals surface area contributed by atoms with Crippen LogP contribution < -0.4 is 5.56 Å². The summed E-state index contributed by atoms with van der Waals surface area (Å²) in [5.41, 5.74) is 1.10. The zero-order valence-electron chi connectivity index (χ0n) is 8.16. The largest absolute Gasteiger partial charge is 0.322 e. The molecular formula is C10H7N5O. The highest BCUT2D eigenvalue weighted by Crippen LogP contribution is 2.10. The molecule has 1 N–H and O–H groups in total. The SMILES string of the molecule is O=c1cc(-c2ccccn2)[nH]c2ncnn12. The highest BCUT2D eigenvalue weighted by Gasteiger charge is 2.05. The van der Waals surface area contributed by atoms with Crippen molar-refractivity contribution in [2.24, 2.45) is 0 Å². The van der Waals surface area contributed by atoms with E-state index in [1.54, 1.807) is 6.20 Å². The van der Waals surface area contributed by atoms with Crippen LogP contribution in [0.15, 0.2) is 41.6 Å². The van der Waals surface area contributed by atoms with Crippen molar-refractivity contribution >= 4 is 5.78 Å². The van der Waals surface area contributed by atoms with Crippen LogP contribution >= 0.6 is 0 Å². The van der Waals surface area contributed by atoms with Crippen LogP contribution in [0.5, 0.6) is 0 Å². The molecule has 0 bridgehead atoms. The molecule has 16 heavy (non-hydrogen) atoms. The molecule has 0 radical (unpaired) electrons. The summed E-state index contributed by atoms with van der Waals surface area (Å²) in [5, 5.41) is 3.79. The molecule has 0 aliphatic rings. The van der Waals surface area contributed by atoms with Crippen molar-refractivity contribution in [1.82, 2.24) is 24.6 Å². The number of H-pyrrole nitrogens is 1. The summed E-state index contributed by atoms with van der Waals surface area (Å²) in [6, 6.07) is 6.94. The Bertz CT molecular complexity index is 685. The molecule has 0 amide bonds. The fourth-order valence-electron chi connectivity index (χ4n) is 1.49. The highest BCUT2D eigenvalue weighted by atomic mass is 16.1. The molecule has 3 aromatic heterocycles. The monoisotopic (exact) mass is 213 g/mol. The lowest BCUT2D eigenvalue weighted by Crippen LogP contribution is -2.14. The van der Waals surface area contributed by atoms with E-state index in [1.807, 2.05) is 18.2 Å². The number of nitrogens with one attached hydrogen (secondary N) is 1. The van der Waals surface area contributed by atoms with Gasteiger partial charge in [0.05, 0.1) is 11.4 Å². The van der Waals surface area contributed by atoms with Gasteiger partial charge in [-0.2, -0.15) is 14.6 Å². The summed E-state index contributed by atoms with van der Waals surface area (Å²) < 4.78 is 1.20. The second-order valence-electron chi connectivity index (χ2n) is 3.23. The molecule has 0 spiro atoms. The molecule has 3 heterocycles. The molecule has 78 valence electrons. The Morgan fingerprint density at radius 2 is 2.19 bits per heavy atom. The number of aromatic nitrogens is 5. The molecule has 3 aromatic rings. The van der Waals surface area contributed by atoms with Crippen LogP contribution in [-0.2, 0) is 0 Å². The maximum Gasteiger partial charge on any atom is 0.276 e. The van der Waals surface area contributed by atoms with Gasteiger partial charge in [0.15, 0.2) is 0 Å². The van der Waals surface area contributed by atoms with E-state index < -0.39 is 0 Å². The normalized spacial score (nSPS) is 10.8. The molecule has 0 saturated carbocycles. The fraction of sp³-hybridized carbons (Fsp3) is 0. The molecule has 0 atom stereocenters. The third-order valence-corrected chi connectivity index (χ3v) is 2.21. The predicted molar refractivity (Wildman–Crippen MR) is 56.8 cm³/mol. The molecule has 6 nitrogen and oxygen atoms in total. The number of hydrogen-bond acceptors (Lipinski definition) is 4. The van der Waals surface area contributed by atoms with Crippen molar-refractivity contribution in [2.75, 3.05) is 0 Å². The summed E-state index contributed by atoms with van der Waals surface area (Å²) in [7, 11) is 0. The van der Waals surface area contributed by atoms with Crippen molar-refractivity contribution in [3.63, 3.8) is 0 Å². The van der Waals surface area contributed by atoms with Gasteiger partial charge in [-0.05, 0) is 12.1 Å². The Hall–Kier alpha value is -2.50. The first-order valence-corrected chi connectivity index (χ1v) is 4.69. The smallest absolute Gasteiger partial charge is 0.276 e. The van der Waals surface area contributed by atoms with Crippen LogP contribution in [0.25, 0.3) is 17.2 Å². The van der Waals surface area contributed by atoms with E-state index in [2.05, 4.69) is 20.1 Å². The van der Waals surface area contributed by atoms with Crippen molar-refractivity contribution in [2.45, 2.75) is 0 Å². The first-order valence-electron chi connectivity index (χ1n) is 4.69. The zero-order valence-corrected chi connectivity index (χ0v) is 8.16. The van der Waals surface area contributed by atoms with Crippen LogP contribution in [0.4, 0.5) is 0 Å². The minimum absolute atomic E-state index is 0.230. The first-order chi connectivity index (χ1) is 7.84. The van der Waals surface area contributed by atoms with Gasteiger partial charge in [-0.15, -0.1) is 0 Å². The predicted octanol–water partition coefficient (Wildman–Crippen LogP) is 0.480. The first kappa shape index (κ1) is 8.78. The molecule has 6 heteroatoms. The lowest BCUT2D eigenvalue weighted by molar-refractivity contribution is 0.899. The molecule has 3 rings (SSSR count). The lowest BCUT2D eigenvalue weighted by atomic mass is 10.2. The minimum atomic E-state index is -0.230. The Labute approximate surface area is 89.6 Å². The van der Waals surface area contributed by atoms with Gasteiger partial charge in [0, 0.05) is 12.3 Å². The Morgan fingerprint density at radius 1 is 1.25 bits per heavy atom. The van der Waals surface area contributed by atoms with Crippen molar-refractivity contribution in [3.8, 4) is 11.4 Å². The molecular weight excluding hydrogens is 206 g/mol. The number of pyridine rings is 1. The van der Waals surface area contributed by atoms with Crippen molar-refractivity contribution < 1.29 is 0 Å². The lowest BCUT2D eigenvalue weighted by Gasteiger charge is -1.99. The fourth-order valence-corrected chi connectivity index (χ4v) is 1.49. The van der Waals surface area contributed by atoms with Gasteiger partial charge < -0.3 is 4.98 Å². The summed E-state index contributed by atoms with van der Waals surface area (Å²) >= 11 is 0. The van der Waals surface area contributed by atoms with E-state index in [-0.39, 0.29) is 5.56 Å². The van der Waals surface area contributed by atoms with Crippen LogP contribution in [0.1, 0.15) is 0 Å². The van der Waals surface area contributed by atoms with E-state index in [0.29, 0.717) is 17.2 Å². The number of fused-ring (bicyclic) bond motifs is 1. The number of rotatable bonds is 1. The Balaban J connectivity index is 2.30. The third-order valence-electron chi connectivity index (χ3n) is 2.21. The standard InChI is InChI=1S/C10H7N5O/c16-9-5-8(7-3-1-2-4-11-7)14-10-12-6-13-15(9)10/h1-6H,(H,12,13,14). The van der Waals surface area contributed by atoms with Gasteiger partial charge in [-0.1, -0.05) is 6.07 Å². The number of hydrogen-bond donors (Lipinski definition) is 1. The second kappa shape index (κ2) is 3.27. The van der Waals surface area contributed by atoms with Crippen molar-refractivity contribution in [3.05, 3.63) is 47.1 Å². The molecule has 0 aliphatic carbocycles. The quantitative estimate of drug-likeness (QED) is 0.637. The summed E-state index contributed by atoms with van der Waals surface area (Å²) in [4.78, 5) is 22.7. The van der Waals surface area contributed by atoms with Crippen molar-refractivity contribution in [1.29, 1.82) is 0 Å². The number of nitrogens with zero attached hydrogens (tertiary/aromatic N) is 4. The summed E-state index contributed by atoms with van der Waals surface area (Å²) in [5.74, 6) is 0.410. The second-order valence-corrected chi connectivity index (χ2v) is 3.23. The molecule has 0 fully saturated rings. The van der Waals surface area contributed by atoms with Crippen LogP contribution in [-0.4, -0.2) is 24.6 Å². The maximum absolute atomic E-state index is 11.6. The van der Waals surface area contributed by atoms with E-state index in [4.69, 9.17) is 0 Å². The summed E-state index contributed by atoms with van der Waals surface area (Å²) in [6.45, 7) is 0. The number of aromatic amines is 1. The average Bonchev–Trinajstić information content (AvgIpc) is 2.79. The molecule has 0 unspecified atom stereocenters. The molecule has 0 aromatic carbocycles. The van der Waals surface area contributed by atoms with Gasteiger partial charge in [-0.25, -0.2) is 0 Å². The van der Waals surface area contributed by atoms with Crippen LogP contribution in [0.3, 0.4) is 0 Å². The van der Waals surface area contributed by atoms with Crippen LogP contribution in [0, 0.1) is 0 Å². The van der Waals surface area contributed by atoms with E-state index in [9.17, 15) is 4.79 Å². The Kier molecular flexibility index (Phi) is 1.79. The van der Waals surface area contributed by atoms with Gasteiger partial charge in [-0.3, -0.25) is 9.78 Å². The minimum Gasteiger partial charge on any atom is -0.322 e. The molecule has 0 saturated heterocycles. The van der Waals surface area contributed by atoms with Gasteiger partial charge >= 0.3 is 0 Å². The van der Waals surface area contributed by atoms with E-state index in [1.165, 1.54) is 16.9 Å². The average molecular weight is 213 g/mol. The maximum atomic E-state index is 11.6. The van der Waals surface area contributed by atoms with Gasteiger partial charge in [0.1, 0.15) is 6.33 Å². The van der Waals surface area contributed by atoms with E-state index >= 15 is 0 Å². The Morgan fingerprint density at radius 3 is 3.00 bits per heavy atom. The summed E-state index contributed by atoms with van der Waals surface area (Å²) in [6.07, 6.45) is 3.00. The molecule has 0 aliphatic heterocycles. The topological polar surface area (TPSA) is 75.9 Å². The van der Waals surface area contributed by atoms with Crippen LogP contribution in [0.2, 0.25) is 0 Å². The zero-order chi connectivity index (χ0) is 11.0. The van der Waals surface area contributed by atoms with E-state index in [0.717, 1.165) is 0 Å².